The van der Waals surface area contributed by atoms with Crippen molar-refractivity contribution in [2.75, 3.05) is 19.7 Å². The van der Waals surface area contributed by atoms with E-state index in [1.165, 1.54) is 0 Å². The zero-order chi connectivity index (χ0) is 20.3. The lowest BCUT2D eigenvalue weighted by Gasteiger charge is -2.36. The van der Waals surface area contributed by atoms with Gasteiger partial charge < -0.3 is 21.1 Å². The summed E-state index contributed by atoms with van der Waals surface area (Å²) in [5, 5.41) is 0. The molecule has 0 spiro atoms. The number of nitrogens with two attached hydrogens (primary N) is 2. The maximum absolute atomic E-state index is 12.6. The van der Waals surface area contributed by atoms with Gasteiger partial charge in [-0.2, -0.15) is 0 Å². The molecule has 0 saturated heterocycles. The molecule has 0 radical (unpaired) electrons. The number of ketones is 1. The number of carbonyl (C=O) groups excluding carboxylic acids is 2. The number of allylic oxidation sites excluding steroid dienone is 3. The van der Waals surface area contributed by atoms with Crippen molar-refractivity contribution in [3.8, 4) is 0 Å². The number of hydrogen-bond donors (Lipinski definition) is 2. The van der Waals surface area contributed by atoms with Gasteiger partial charge in [0.15, 0.2) is 5.78 Å². The molecule has 0 fully saturated rings. The van der Waals surface area contributed by atoms with E-state index in [4.69, 9.17) is 16.2 Å². The molecule has 1 aliphatic carbocycles. The van der Waals surface area contributed by atoms with Crippen LogP contribution in [0.15, 0.2) is 59.5 Å². The average molecular weight is 381 g/mol. The smallest absolute Gasteiger partial charge is 0.243 e. The zero-order valence-corrected chi connectivity index (χ0v) is 16.4. The van der Waals surface area contributed by atoms with Crippen molar-refractivity contribution < 1.29 is 14.3 Å². The Morgan fingerprint density at radius 2 is 2.00 bits per heavy atom. The van der Waals surface area contributed by atoms with Crippen LogP contribution < -0.4 is 11.5 Å². The molecule has 1 aliphatic heterocycles. The van der Waals surface area contributed by atoms with Crippen molar-refractivity contribution >= 4 is 17.3 Å². The predicted octanol–water partition coefficient (Wildman–Crippen LogP) is 1.98. The largest absolute Gasteiger partial charge is 0.368 e. The van der Waals surface area contributed by atoms with Crippen LogP contribution in [0.25, 0.3) is 5.57 Å². The first-order valence-corrected chi connectivity index (χ1v) is 9.51. The monoisotopic (exact) mass is 381 g/mol. The Hall–Kier alpha value is -2.70. The summed E-state index contributed by atoms with van der Waals surface area (Å²) in [4.78, 5) is 25.8. The Morgan fingerprint density at radius 1 is 1.29 bits per heavy atom. The summed E-state index contributed by atoms with van der Waals surface area (Å²) in [5.74, 6) is -0.239. The van der Waals surface area contributed by atoms with E-state index in [0.717, 1.165) is 34.5 Å². The molecule has 2 aliphatic rings. The standard InChI is InChI=1S/C22H27N3O3/c1-14(2)11-25-12-16-8-19(26)20(28-13-21(24)27)9-17(16)22(18(25)10-23)15-6-4-3-5-7-15/h3-7,9,12,14,20H,8,10-11,13,23H2,1-2H3,(H2,24,27). The Bertz CT molecular complexity index is 853. The highest BCUT2D eigenvalue weighted by molar-refractivity contribution is 5.97. The molecule has 0 aromatic heterocycles. The van der Waals surface area contributed by atoms with E-state index in [1.807, 2.05) is 36.5 Å². The van der Waals surface area contributed by atoms with Gasteiger partial charge in [0.2, 0.25) is 5.91 Å². The minimum atomic E-state index is -0.783. The van der Waals surface area contributed by atoms with Crippen molar-refractivity contribution in [1.29, 1.82) is 0 Å². The van der Waals surface area contributed by atoms with Crippen molar-refractivity contribution in [3.63, 3.8) is 0 Å². The average Bonchev–Trinajstić information content (AvgIpc) is 2.65. The number of carbonyl (C=O) groups is 2. The molecule has 4 N–H and O–H groups in total. The molecule has 0 saturated carbocycles. The van der Waals surface area contributed by atoms with Crippen LogP contribution in [0.1, 0.15) is 25.8 Å². The van der Waals surface area contributed by atoms with Gasteiger partial charge in [0.05, 0.1) is 0 Å². The summed E-state index contributed by atoms with van der Waals surface area (Å²) >= 11 is 0. The van der Waals surface area contributed by atoms with Gasteiger partial charge >= 0.3 is 0 Å². The second-order valence-corrected chi connectivity index (χ2v) is 7.51. The zero-order valence-electron chi connectivity index (χ0n) is 16.4. The van der Waals surface area contributed by atoms with Crippen LogP contribution in [-0.2, 0) is 14.3 Å². The van der Waals surface area contributed by atoms with Crippen LogP contribution in [0, 0.1) is 5.92 Å². The fraction of sp³-hybridized carbons (Fsp3) is 0.364. The van der Waals surface area contributed by atoms with Crippen LogP contribution in [0.5, 0.6) is 0 Å². The molecule has 1 amide bonds. The summed E-state index contributed by atoms with van der Waals surface area (Å²) in [5.41, 5.74) is 16.3. The van der Waals surface area contributed by atoms with Crippen molar-refractivity contribution in [2.45, 2.75) is 26.4 Å². The van der Waals surface area contributed by atoms with Crippen LogP contribution in [0.3, 0.4) is 0 Å². The molecule has 1 heterocycles. The maximum Gasteiger partial charge on any atom is 0.243 e. The number of hydrogen-bond acceptors (Lipinski definition) is 5. The summed E-state index contributed by atoms with van der Waals surface area (Å²) in [6.45, 7) is 5.21. The number of rotatable bonds is 7. The van der Waals surface area contributed by atoms with Crippen LogP contribution in [0.2, 0.25) is 0 Å². The molecule has 1 aromatic rings. The third kappa shape index (κ3) is 4.24. The quantitative estimate of drug-likeness (QED) is 0.752. The minimum Gasteiger partial charge on any atom is -0.368 e. The molecule has 28 heavy (non-hydrogen) atoms. The van der Waals surface area contributed by atoms with Gasteiger partial charge in [-0.1, -0.05) is 44.2 Å². The lowest BCUT2D eigenvalue weighted by Crippen LogP contribution is -2.35. The summed E-state index contributed by atoms with van der Waals surface area (Å²) in [6.07, 6.45) is 3.29. The number of nitrogens with zero attached hydrogens (tertiary/aromatic N) is 1. The van der Waals surface area contributed by atoms with E-state index in [2.05, 4.69) is 18.7 Å². The molecule has 6 heteroatoms. The number of ether oxygens (including phenoxy) is 1. The number of primary amides is 1. The third-order valence-corrected chi connectivity index (χ3v) is 4.79. The van der Waals surface area contributed by atoms with Gasteiger partial charge in [-0.05, 0) is 28.7 Å². The Kier molecular flexibility index (Phi) is 6.11. The molecule has 1 aromatic carbocycles. The SMILES string of the molecule is CC(C)CN1C=C2CC(=O)C(OCC(N)=O)C=C2C(c2ccccc2)=C1CN. The summed E-state index contributed by atoms with van der Waals surface area (Å²) in [7, 11) is 0. The molecule has 1 atom stereocenters. The highest BCUT2D eigenvalue weighted by Gasteiger charge is 2.33. The summed E-state index contributed by atoms with van der Waals surface area (Å²) in [6, 6.07) is 10.0. The normalized spacial score (nSPS) is 19.5. The van der Waals surface area contributed by atoms with Gasteiger partial charge in [-0.15, -0.1) is 0 Å². The van der Waals surface area contributed by atoms with E-state index in [9.17, 15) is 9.59 Å². The van der Waals surface area contributed by atoms with Gasteiger partial charge in [-0.3, -0.25) is 9.59 Å². The van der Waals surface area contributed by atoms with Crippen molar-refractivity contribution in [2.24, 2.45) is 17.4 Å². The second-order valence-electron chi connectivity index (χ2n) is 7.51. The number of amides is 1. The van der Waals surface area contributed by atoms with Crippen molar-refractivity contribution in [3.05, 3.63) is 65.0 Å². The topological polar surface area (TPSA) is 98.6 Å². The van der Waals surface area contributed by atoms with Crippen LogP contribution in [-0.4, -0.2) is 42.4 Å². The van der Waals surface area contributed by atoms with Gasteiger partial charge in [-0.25, -0.2) is 0 Å². The third-order valence-electron chi connectivity index (χ3n) is 4.79. The first-order chi connectivity index (χ1) is 13.4. The molecule has 6 nitrogen and oxygen atoms in total. The van der Waals surface area contributed by atoms with E-state index in [0.29, 0.717) is 12.5 Å². The van der Waals surface area contributed by atoms with Gasteiger partial charge in [0.25, 0.3) is 0 Å². The Balaban J connectivity index is 2.11. The molecule has 3 rings (SSSR count). The lowest BCUT2D eigenvalue weighted by molar-refractivity contribution is -0.132. The van der Waals surface area contributed by atoms with Crippen molar-refractivity contribution in [1.82, 2.24) is 4.90 Å². The second kappa shape index (κ2) is 8.54. The minimum absolute atomic E-state index is 0.0793. The summed E-state index contributed by atoms with van der Waals surface area (Å²) < 4.78 is 5.45. The van der Waals surface area contributed by atoms with Crippen LogP contribution >= 0.6 is 0 Å². The Morgan fingerprint density at radius 3 is 2.61 bits per heavy atom. The molecule has 148 valence electrons. The van der Waals surface area contributed by atoms with E-state index in [1.54, 1.807) is 6.08 Å². The van der Waals surface area contributed by atoms with Crippen LogP contribution in [0.4, 0.5) is 0 Å². The number of benzene rings is 1. The number of fused-ring (bicyclic) bond motifs is 1. The van der Waals surface area contributed by atoms with Gasteiger partial charge in [0, 0.05) is 37.0 Å². The van der Waals surface area contributed by atoms with E-state index < -0.39 is 12.0 Å². The molecular formula is C22H27N3O3. The maximum atomic E-state index is 12.6. The van der Waals surface area contributed by atoms with E-state index in [-0.39, 0.29) is 18.8 Å². The lowest BCUT2D eigenvalue weighted by atomic mass is 9.81. The van der Waals surface area contributed by atoms with E-state index >= 15 is 0 Å². The van der Waals surface area contributed by atoms with Gasteiger partial charge in [0.1, 0.15) is 12.7 Å². The fourth-order valence-electron chi connectivity index (χ4n) is 3.67. The fourth-order valence-corrected chi connectivity index (χ4v) is 3.67. The first kappa shape index (κ1) is 20.0. The molecular weight excluding hydrogens is 354 g/mol. The molecule has 1 unspecified atom stereocenters. The molecule has 0 bridgehead atoms. The highest BCUT2D eigenvalue weighted by atomic mass is 16.5. The highest BCUT2D eigenvalue weighted by Crippen LogP contribution is 2.41. The number of Topliss-reactive ketones (excluding diaryl/α,β-unsaturated/α-hetero) is 1. The first-order valence-electron chi connectivity index (χ1n) is 9.51. The Labute approximate surface area is 165 Å². The predicted molar refractivity (Wildman–Crippen MR) is 109 cm³/mol.